The molecular weight excluding hydrogens is 843 g/mol. The Balaban J connectivity index is 2.58. The minimum Gasteiger partial charge on any atom is -0.462 e. The quantitative estimate of drug-likeness (QED) is 0.0101. The van der Waals surface area contributed by atoms with E-state index in [4.69, 9.17) is 18.5 Å². The zero-order valence-electron chi connectivity index (χ0n) is 38.7. The van der Waals surface area contributed by atoms with Gasteiger partial charge in [-0.3, -0.25) is 18.6 Å². The molecule has 0 aromatic heterocycles. The van der Waals surface area contributed by atoms with Gasteiger partial charge in [0.25, 0.3) is 0 Å². The summed E-state index contributed by atoms with van der Waals surface area (Å²) in [5, 5.41) is 60.5. The average molecular weight is 927 g/mol. The molecule has 1 rings (SSSR count). The molecule has 15 heteroatoms. The number of rotatable bonds is 38. The summed E-state index contributed by atoms with van der Waals surface area (Å²) in [7, 11) is -5.18. The molecule has 1 aliphatic carbocycles. The number of phosphoric ester groups is 1. The van der Waals surface area contributed by atoms with Crippen molar-refractivity contribution in [1.82, 2.24) is 0 Å². The highest BCUT2D eigenvalue weighted by Crippen LogP contribution is 2.47. The first-order chi connectivity index (χ1) is 30.8. The van der Waals surface area contributed by atoms with Gasteiger partial charge in [0, 0.05) is 12.8 Å². The van der Waals surface area contributed by atoms with Crippen molar-refractivity contribution < 1.29 is 68.2 Å². The number of hydrogen-bond donors (Lipinski definition) is 7. The van der Waals surface area contributed by atoms with Crippen LogP contribution in [0.15, 0.2) is 72.9 Å². The van der Waals surface area contributed by atoms with E-state index in [1.54, 1.807) is 12.2 Å². The molecule has 0 aromatic carbocycles. The number of unbranched alkanes of at least 4 members (excludes halogenated alkanes) is 13. The number of carbonyl (C=O) groups is 2. The summed E-state index contributed by atoms with van der Waals surface area (Å²) in [5.74, 6) is -1.36. The summed E-state index contributed by atoms with van der Waals surface area (Å²) in [6, 6.07) is 0. The maximum Gasteiger partial charge on any atom is 0.472 e. The number of allylic oxidation sites excluding steroid dienone is 11. The SMILES string of the molecule is CCCCCCCC/C=C\C/C=C\C/C=C\CCCC(=O)O[C@H](COC(=O)CCCC(O)/C=C/C=C/C/C=C/CCCCCCCC)COP(=O)(O)OC1[C@H](O)[C@H](O)C(O)[C@H](O)[C@H]1O. The van der Waals surface area contributed by atoms with Gasteiger partial charge in [-0.25, -0.2) is 4.57 Å². The third kappa shape index (κ3) is 30.5. The molecule has 0 radical (unpaired) electrons. The number of ether oxygens (including phenoxy) is 2. The van der Waals surface area contributed by atoms with E-state index in [2.05, 4.69) is 50.3 Å². The second kappa shape index (κ2) is 38.4. The maximum absolute atomic E-state index is 12.8. The Morgan fingerprint density at radius 2 is 1.03 bits per heavy atom. The fraction of sp³-hybridized carbons (Fsp3) is 0.714. The van der Waals surface area contributed by atoms with Crippen molar-refractivity contribution >= 4 is 19.8 Å². The van der Waals surface area contributed by atoms with E-state index in [1.807, 2.05) is 24.3 Å². The Bertz CT molecular complexity index is 1410. The summed E-state index contributed by atoms with van der Waals surface area (Å²) in [6.45, 7) is 3.07. The Labute approximate surface area is 383 Å². The standard InChI is InChI=1S/C49H83O14P/c1-3-5-7-9-11-13-15-17-18-19-20-22-24-26-28-30-32-36-43(52)62-41(39-61-64(58,59)63-49-47(56)45(54)44(53)46(55)48(49)57)38-60-42(51)37-33-35-40(50)34-31-29-27-25-23-21-16-14-12-10-8-6-4-2/h17-18,20-23,26-29,31,34,40-41,44-50,53-57H,3-16,19,24-25,30,32-33,35-39H2,1-2H3,(H,58,59)/b18-17-,22-20-,23-21+,28-26-,29-27+,34-31+/t40?,41-,44?,45-,46+,47-,48-,49?/m1/s1. The van der Waals surface area contributed by atoms with E-state index in [0.717, 1.165) is 32.1 Å². The first kappa shape index (κ1) is 59.3. The smallest absolute Gasteiger partial charge is 0.462 e. The van der Waals surface area contributed by atoms with Crippen LogP contribution in [0.1, 0.15) is 162 Å². The zero-order valence-corrected chi connectivity index (χ0v) is 39.6. The number of carbonyl (C=O) groups excluding carboxylic acids is 2. The highest BCUT2D eigenvalue weighted by molar-refractivity contribution is 7.47. The van der Waals surface area contributed by atoms with Crippen LogP contribution < -0.4 is 0 Å². The van der Waals surface area contributed by atoms with Crippen LogP contribution in [0.2, 0.25) is 0 Å². The predicted molar refractivity (Wildman–Crippen MR) is 250 cm³/mol. The minimum atomic E-state index is -5.18. The second-order valence-corrected chi connectivity index (χ2v) is 17.9. The van der Waals surface area contributed by atoms with Crippen molar-refractivity contribution in [2.75, 3.05) is 13.2 Å². The normalized spacial score (nSPS) is 22.7. The van der Waals surface area contributed by atoms with Gasteiger partial charge in [-0.15, -0.1) is 0 Å². The number of aliphatic hydroxyl groups is 6. The Morgan fingerprint density at radius 1 is 0.562 bits per heavy atom. The molecule has 0 aromatic rings. The molecule has 1 saturated carbocycles. The molecule has 0 aliphatic heterocycles. The van der Waals surface area contributed by atoms with Gasteiger partial charge in [0.05, 0.1) is 12.7 Å². The first-order valence-corrected chi connectivity index (χ1v) is 25.3. The van der Waals surface area contributed by atoms with Crippen LogP contribution in [0, 0.1) is 0 Å². The minimum absolute atomic E-state index is 0.0174. The van der Waals surface area contributed by atoms with Gasteiger partial charge in [0.1, 0.15) is 43.2 Å². The lowest BCUT2D eigenvalue weighted by Crippen LogP contribution is -2.64. The summed E-state index contributed by atoms with van der Waals surface area (Å²) >= 11 is 0. The van der Waals surface area contributed by atoms with E-state index in [9.17, 15) is 49.7 Å². The number of phosphoric acid groups is 1. The van der Waals surface area contributed by atoms with Gasteiger partial charge in [0.2, 0.25) is 0 Å². The Morgan fingerprint density at radius 3 is 1.59 bits per heavy atom. The van der Waals surface area contributed by atoms with E-state index in [1.165, 1.54) is 77.0 Å². The number of esters is 2. The third-order valence-corrected chi connectivity index (χ3v) is 11.6. The molecular formula is C49H83O14P. The van der Waals surface area contributed by atoms with Gasteiger partial charge >= 0.3 is 19.8 Å². The lowest BCUT2D eigenvalue weighted by atomic mass is 9.85. The summed E-state index contributed by atoms with van der Waals surface area (Å²) in [5.41, 5.74) is 0. The Kier molecular flexibility index (Phi) is 35.5. The van der Waals surface area contributed by atoms with E-state index < -0.39 is 81.8 Å². The van der Waals surface area contributed by atoms with Crippen LogP contribution in [-0.4, -0.2) is 110 Å². The topological polar surface area (TPSA) is 230 Å². The fourth-order valence-electron chi connectivity index (χ4n) is 6.72. The monoisotopic (exact) mass is 927 g/mol. The molecule has 368 valence electrons. The van der Waals surface area contributed by atoms with Crippen molar-refractivity contribution in [1.29, 1.82) is 0 Å². The molecule has 0 saturated heterocycles. The van der Waals surface area contributed by atoms with Crippen LogP contribution in [-0.2, 0) is 32.7 Å². The van der Waals surface area contributed by atoms with E-state index in [-0.39, 0.29) is 25.7 Å². The van der Waals surface area contributed by atoms with Crippen molar-refractivity contribution in [3.63, 3.8) is 0 Å². The van der Waals surface area contributed by atoms with Gasteiger partial charge in [-0.2, -0.15) is 0 Å². The zero-order chi connectivity index (χ0) is 47.3. The molecule has 0 heterocycles. The molecule has 1 aliphatic rings. The first-order valence-electron chi connectivity index (χ1n) is 23.8. The molecule has 4 unspecified atom stereocenters. The van der Waals surface area contributed by atoms with Crippen LogP contribution in [0.25, 0.3) is 0 Å². The van der Waals surface area contributed by atoms with Gasteiger partial charge in [-0.1, -0.05) is 151 Å². The number of hydrogen-bond acceptors (Lipinski definition) is 13. The maximum atomic E-state index is 12.8. The third-order valence-electron chi connectivity index (χ3n) is 10.6. The van der Waals surface area contributed by atoms with Crippen LogP contribution >= 0.6 is 7.82 Å². The molecule has 64 heavy (non-hydrogen) atoms. The van der Waals surface area contributed by atoms with E-state index >= 15 is 0 Å². The molecule has 1 fully saturated rings. The summed E-state index contributed by atoms with van der Waals surface area (Å²) in [4.78, 5) is 35.7. The Hall–Kier alpha value is -2.75. The molecule has 14 nitrogen and oxygen atoms in total. The van der Waals surface area contributed by atoms with Crippen LogP contribution in [0.5, 0.6) is 0 Å². The lowest BCUT2D eigenvalue weighted by molar-refractivity contribution is -0.220. The van der Waals surface area contributed by atoms with E-state index in [0.29, 0.717) is 12.8 Å². The largest absolute Gasteiger partial charge is 0.472 e. The highest BCUT2D eigenvalue weighted by atomic mass is 31.2. The predicted octanol–water partition coefficient (Wildman–Crippen LogP) is 8.47. The van der Waals surface area contributed by atoms with Crippen molar-refractivity contribution in [2.45, 2.75) is 210 Å². The van der Waals surface area contributed by atoms with Gasteiger partial charge in [-0.05, 0) is 70.6 Å². The van der Waals surface area contributed by atoms with Crippen LogP contribution in [0.3, 0.4) is 0 Å². The van der Waals surface area contributed by atoms with Gasteiger partial charge in [0.15, 0.2) is 6.10 Å². The molecule has 9 atom stereocenters. The molecule has 0 spiro atoms. The lowest BCUT2D eigenvalue weighted by Gasteiger charge is -2.41. The van der Waals surface area contributed by atoms with Crippen molar-refractivity contribution in [3.05, 3.63) is 72.9 Å². The van der Waals surface area contributed by atoms with Gasteiger partial charge < -0.3 is 45.0 Å². The van der Waals surface area contributed by atoms with Crippen LogP contribution in [0.4, 0.5) is 0 Å². The molecule has 0 amide bonds. The van der Waals surface area contributed by atoms with Crippen molar-refractivity contribution in [3.8, 4) is 0 Å². The molecule has 0 bridgehead atoms. The average Bonchev–Trinajstić information content (AvgIpc) is 3.27. The summed E-state index contributed by atoms with van der Waals surface area (Å²) < 4.78 is 33.3. The summed E-state index contributed by atoms with van der Waals surface area (Å²) in [6.07, 6.45) is 31.3. The number of aliphatic hydroxyl groups excluding tert-OH is 6. The second-order valence-electron chi connectivity index (χ2n) is 16.5. The fourth-order valence-corrected chi connectivity index (χ4v) is 7.70. The highest BCUT2D eigenvalue weighted by Gasteiger charge is 2.51. The molecule has 7 N–H and O–H groups in total. The van der Waals surface area contributed by atoms with Crippen molar-refractivity contribution in [2.24, 2.45) is 0 Å².